The first-order valence-corrected chi connectivity index (χ1v) is 13.0. The molecule has 3 heterocycles. The Bertz CT molecular complexity index is 1490. The van der Waals surface area contributed by atoms with E-state index in [2.05, 4.69) is 4.98 Å². The Hall–Kier alpha value is -4.18. The Kier molecular flexibility index (Phi) is 6.79. The summed E-state index contributed by atoms with van der Waals surface area (Å²) in [5.74, 6) is 1.45. The van der Waals surface area contributed by atoms with Crippen molar-refractivity contribution in [2.75, 3.05) is 20.8 Å². The number of aliphatic hydroxyl groups excluding tert-OH is 1. The molecule has 206 valence electrons. The summed E-state index contributed by atoms with van der Waals surface area (Å²) < 4.78 is 31.5. The second kappa shape index (κ2) is 10.4. The molecule has 1 N–H and O–H groups in total. The van der Waals surface area contributed by atoms with Gasteiger partial charge >= 0.3 is 6.01 Å². The first kappa shape index (κ1) is 26.1. The number of fused-ring (bicyclic) bond motifs is 3. The molecule has 3 aromatic carbocycles. The third-order valence-corrected chi connectivity index (χ3v) is 7.55. The van der Waals surface area contributed by atoms with Gasteiger partial charge < -0.3 is 28.8 Å². The van der Waals surface area contributed by atoms with Crippen LogP contribution in [0.25, 0.3) is 0 Å². The second-order valence-corrected chi connectivity index (χ2v) is 9.87. The Morgan fingerprint density at radius 3 is 2.05 bits per heavy atom. The highest BCUT2D eigenvalue weighted by molar-refractivity contribution is 5.49. The van der Waals surface area contributed by atoms with E-state index in [-0.39, 0.29) is 18.2 Å². The number of benzene rings is 3. The fraction of sp³-hybridized carbons (Fsp3) is 0.290. The highest BCUT2D eigenvalue weighted by Gasteiger charge is 2.52. The highest BCUT2D eigenvalue weighted by Crippen LogP contribution is 2.44. The third kappa shape index (κ3) is 4.32. The quantitative estimate of drug-likeness (QED) is 0.337. The van der Waals surface area contributed by atoms with Crippen molar-refractivity contribution in [3.05, 3.63) is 118 Å². The van der Waals surface area contributed by atoms with Crippen LogP contribution in [0.5, 0.6) is 17.5 Å². The van der Waals surface area contributed by atoms with Crippen molar-refractivity contribution in [2.45, 2.75) is 37.1 Å². The van der Waals surface area contributed by atoms with Crippen LogP contribution in [0.15, 0.2) is 89.9 Å². The van der Waals surface area contributed by atoms with E-state index in [9.17, 15) is 9.90 Å². The molecule has 9 heteroatoms. The van der Waals surface area contributed by atoms with Gasteiger partial charge in [-0.05, 0) is 47.9 Å². The Morgan fingerprint density at radius 1 is 0.900 bits per heavy atom. The van der Waals surface area contributed by atoms with Gasteiger partial charge in [-0.1, -0.05) is 54.6 Å². The molecule has 1 aromatic heterocycles. The minimum atomic E-state index is -1.05. The van der Waals surface area contributed by atoms with Gasteiger partial charge in [-0.25, -0.2) is 0 Å². The van der Waals surface area contributed by atoms with Gasteiger partial charge in [0.25, 0.3) is 5.56 Å². The van der Waals surface area contributed by atoms with Crippen molar-refractivity contribution >= 4 is 0 Å². The molecule has 0 aliphatic carbocycles. The van der Waals surface area contributed by atoms with Crippen LogP contribution in [0.4, 0.5) is 0 Å². The number of rotatable bonds is 8. The molecule has 9 nitrogen and oxygen atoms in total. The lowest BCUT2D eigenvalue weighted by Gasteiger charge is -2.37. The van der Waals surface area contributed by atoms with Crippen LogP contribution >= 0.6 is 0 Å². The van der Waals surface area contributed by atoms with Crippen LogP contribution < -0.4 is 19.8 Å². The lowest BCUT2D eigenvalue weighted by molar-refractivity contribution is -0.0936. The van der Waals surface area contributed by atoms with E-state index in [1.54, 1.807) is 31.9 Å². The fourth-order valence-electron chi connectivity index (χ4n) is 5.43. The highest BCUT2D eigenvalue weighted by atomic mass is 16.6. The van der Waals surface area contributed by atoms with E-state index >= 15 is 0 Å². The molecule has 4 aromatic rings. The number of aromatic nitrogens is 2. The van der Waals surface area contributed by atoms with Crippen LogP contribution in [0.1, 0.15) is 28.5 Å². The zero-order chi connectivity index (χ0) is 27.9. The molecule has 0 bridgehead atoms. The van der Waals surface area contributed by atoms with E-state index in [0.29, 0.717) is 5.56 Å². The van der Waals surface area contributed by atoms with Crippen molar-refractivity contribution in [3.8, 4) is 17.5 Å². The van der Waals surface area contributed by atoms with Crippen molar-refractivity contribution < 1.29 is 28.8 Å². The van der Waals surface area contributed by atoms with E-state index < -0.39 is 30.1 Å². The van der Waals surface area contributed by atoms with Crippen LogP contribution in [-0.4, -0.2) is 53.8 Å². The molecule has 1 fully saturated rings. The summed E-state index contributed by atoms with van der Waals surface area (Å²) in [5.41, 5.74) is 1.69. The number of ether oxygens (including phenoxy) is 5. The van der Waals surface area contributed by atoms with Gasteiger partial charge in [0, 0.05) is 11.8 Å². The maximum atomic E-state index is 12.0. The van der Waals surface area contributed by atoms with Crippen LogP contribution in [0.3, 0.4) is 0 Å². The van der Waals surface area contributed by atoms with E-state index in [4.69, 9.17) is 23.7 Å². The maximum absolute atomic E-state index is 12.0. The van der Waals surface area contributed by atoms with Crippen molar-refractivity contribution in [3.63, 3.8) is 0 Å². The lowest BCUT2D eigenvalue weighted by Crippen LogP contribution is -2.40. The van der Waals surface area contributed by atoms with Crippen molar-refractivity contribution in [1.29, 1.82) is 0 Å². The summed E-state index contributed by atoms with van der Waals surface area (Å²) in [6.07, 6.45) is -1.41. The molecule has 0 saturated carbocycles. The van der Waals surface area contributed by atoms with Gasteiger partial charge in [0.05, 0.1) is 20.8 Å². The first-order chi connectivity index (χ1) is 19.4. The molecule has 40 heavy (non-hydrogen) atoms. The number of hydrogen-bond donors (Lipinski definition) is 1. The number of nitrogens with zero attached hydrogens (tertiary/aromatic N) is 2. The second-order valence-electron chi connectivity index (χ2n) is 9.87. The van der Waals surface area contributed by atoms with E-state index in [1.165, 1.54) is 0 Å². The van der Waals surface area contributed by atoms with Gasteiger partial charge in [0.2, 0.25) is 0 Å². The van der Waals surface area contributed by atoms with Gasteiger partial charge in [0.1, 0.15) is 29.3 Å². The standard InChI is InChI=1S/C31H30N2O7/c1-19-17-33-29-27(40-30(33)32-28(19)35)26(34)25(39-29)18-38-31(20-7-5-4-6-8-20,21-9-13-23(36-2)14-10-21)22-11-15-24(37-3)16-12-22/h4-17,25-27,29,34H,18H2,1-3H3/t25-,26-,27+,29-/m1/s1. The number of aliphatic hydroxyl groups is 1. The zero-order valence-electron chi connectivity index (χ0n) is 22.4. The van der Waals surface area contributed by atoms with Gasteiger partial charge in [0.15, 0.2) is 12.3 Å². The summed E-state index contributed by atoms with van der Waals surface area (Å²) in [6.45, 7) is 1.73. The molecule has 0 unspecified atom stereocenters. The van der Waals surface area contributed by atoms with E-state index in [0.717, 1.165) is 28.2 Å². The Balaban J connectivity index is 1.39. The van der Waals surface area contributed by atoms with Crippen LogP contribution in [0.2, 0.25) is 0 Å². The number of methoxy groups -OCH3 is 2. The normalized spacial score (nSPS) is 21.4. The predicted octanol–water partition coefficient (Wildman–Crippen LogP) is 3.60. The number of aryl methyl sites for hydroxylation is 1. The summed E-state index contributed by atoms with van der Waals surface area (Å²) >= 11 is 0. The van der Waals surface area contributed by atoms with Crippen molar-refractivity contribution in [1.82, 2.24) is 9.55 Å². The summed E-state index contributed by atoms with van der Waals surface area (Å²) in [6, 6.07) is 25.5. The summed E-state index contributed by atoms with van der Waals surface area (Å²) in [7, 11) is 3.25. The average Bonchev–Trinajstić information content (AvgIpc) is 3.49. The largest absolute Gasteiger partial charge is 0.497 e. The van der Waals surface area contributed by atoms with Crippen molar-refractivity contribution in [2.24, 2.45) is 0 Å². The summed E-state index contributed by atoms with van der Waals surface area (Å²) in [4.78, 5) is 16.0. The molecule has 0 spiro atoms. The van der Waals surface area contributed by atoms with E-state index in [1.807, 2.05) is 78.9 Å². The SMILES string of the molecule is COc1ccc(C(OC[C@H]2O[C@@H]3[C@@H](Oc4nc(=O)c(C)cn43)[C@@H]2O)(c2ccccc2)c2ccc(OC)cc2)cc1. The molecular weight excluding hydrogens is 512 g/mol. The lowest BCUT2D eigenvalue weighted by atomic mass is 9.80. The molecule has 0 amide bonds. The molecule has 2 aliphatic heterocycles. The smallest absolute Gasteiger partial charge is 0.302 e. The molecular formula is C31H30N2O7. The fourth-order valence-corrected chi connectivity index (χ4v) is 5.43. The Morgan fingerprint density at radius 2 is 1.48 bits per heavy atom. The minimum absolute atomic E-state index is 0.0480. The Labute approximate surface area is 231 Å². The van der Waals surface area contributed by atoms with Gasteiger partial charge in [-0.15, -0.1) is 0 Å². The van der Waals surface area contributed by atoms with Gasteiger partial charge in [-0.3, -0.25) is 9.36 Å². The molecule has 6 rings (SSSR count). The van der Waals surface area contributed by atoms with Gasteiger partial charge in [-0.2, -0.15) is 4.98 Å². The third-order valence-electron chi connectivity index (χ3n) is 7.55. The van der Waals surface area contributed by atoms with Crippen LogP contribution in [0, 0.1) is 6.92 Å². The molecule has 0 radical (unpaired) electrons. The zero-order valence-corrected chi connectivity index (χ0v) is 22.4. The predicted molar refractivity (Wildman–Crippen MR) is 146 cm³/mol. The van der Waals surface area contributed by atoms with Crippen LogP contribution in [-0.2, 0) is 15.1 Å². The maximum Gasteiger partial charge on any atom is 0.302 e. The monoisotopic (exact) mass is 542 g/mol. The molecule has 1 saturated heterocycles. The summed E-state index contributed by atoms with van der Waals surface area (Å²) in [5, 5.41) is 11.2. The first-order valence-electron chi connectivity index (χ1n) is 13.0. The average molecular weight is 543 g/mol. The topological polar surface area (TPSA) is 101 Å². The molecule has 4 atom stereocenters. The minimum Gasteiger partial charge on any atom is -0.497 e. The molecule has 2 aliphatic rings. The number of hydrogen-bond acceptors (Lipinski definition) is 8.